The third-order valence-electron chi connectivity index (χ3n) is 3.54. The predicted molar refractivity (Wildman–Crippen MR) is 93.6 cm³/mol. The van der Waals surface area contributed by atoms with Crippen molar-refractivity contribution in [3.8, 4) is 0 Å². The first-order valence-electron chi connectivity index (χ1n) is 7.25. The van der Waals surface area contributed by atoms with Crippen LogP contribution >= 0.6 is 0 Å². The van der Waals surface area contributed by atoms with E-state index in [1.807, 2.05) is 20.8 Å². The highest BCUT2D eigenvalue weighted by Gasteiger charge is 2.10. The van der Waals surface area contributed by atoms with Gasteiger partial charge in [0.25, 0.3) is 0 Å². The number of aromatic nitrogens is 2. The number of hydrogen-bond acceptors (Lipinski definition) is 4. The molecule has 0 saturated carbocycles. The highest BCUT2D eigenvalue weighted by atomic mass is 15.1. The quantitative estimate of drug-likeness (QED) is 0.823. The second-order valence-corrected chi connectivity index (χ2v) is 5.58. The highest BCUT2D eigenvalue weighted by molar-refractivity contribution is 5.99. The van der Waals surface area contributed by atoms with Gasteiger partial charge in [0.1, 0.15) is 12.0 Å². The van der Waals surface area contributed by atoms with E-state index in [2.05, 4.69) is 58.9 Å². The van der Waals surface area contributed by atoms with Gasteiger partial charge in [-0.3, -0.25) is 0 Å². The van der Waals surface area contributed by atoms with Crippen molar-refractivity contribution < 1.29 is 0 Å². The number of allylic oxidation sites excluding steroid dienone is 1. The first-order valence-corrected chi connectivity index (χ1v) is 7.25. The molecule has 1 aromatic heterocycles. The standard InChI is InChI=1S/C18H22N4/c1-11(2)14(5)21-17-15(6)19-10-20-18(17)22-16-8-7-12(3)9-13(16)4/h7-10H,1H2,2-6H3,(H,19,20,22)/b21-14+. The van der Waals surface area contributed by atoms with Crippen molar-refractivity contribution in [1.82, 2.24) is 9.97 Å². The maximum Gasteiger partial charge on any atom is 0.160 e. The van der Waals surface area contributed by atoms with Gasteiger partial charge in [0.15, 0.2) is 5.82 Å². The first-order chi connectivity index (χ1) is 10.4. The van der Waals surface area contributed by atoms with Crippen LogP contribution in [0.4, 0.5) is 17.2 Å². The maximum atomic E-state index is 4.63. The van der Waals surface area contributed by atoms with Crippen molar-refractivity contribution >= 4 is 22.9 Å². The Hall–Kier alpha value is -2.49. The van der Waals surface area contributed by atoms with Gasteiger partial charge in [-0.15, -0.1) is 0 Å². The Kier molecular flexibility index (Phi) is 4.71. The van der Waals surface area contributed by atoms with Crippen LogP contribution in [0.25, 0.3) is 0 Å². The summed E-state index contributed by atoms with van der Waals surface area (Å²) in [5, 5.41) is 3.37. The molecule has 0 spiro atoms. The van der Waals surface area contributed by atoms with Crippen molar-refractivity contribution in [2.45, 2.75) is 34.6 Å². The van der Waals surface area contributed by atoms with E-state index in [1.165, 1.54) is 11.1 Å². The second kappa shape index (κ2) is 6.52. The number of nitrogens with zero attached hydrogens (tertiary/aromatic N) is 3. The SMILES string of the molecule is C=C(C)/C(C)=N/c1c(C)ncnc1Nc1ccc(C)cc1C. The molecule has 0 radical (unpaired) electrons. The summed E-state index contributed by atoms with van der Waals surface area (Å²) in [5.41, 5.74) is 6.82. The Morgan fingerprint density at radius 1 is 1.14 bits per heavy atom. The second-order valence-electron chi connectivity index (χ2n) is 5.58. The lowest BCUT2D eigenvalue weighted by Crippen LogP contribution is -2.00. The van der Waals surface area contributed by atoms with E-state index in [-0.39, 0.29) is 0 Å². The van der Waals surface area contributed by atoms with Crippen LogP contribution in [0.1, 0.15) is 30.7 Å². The average Bonchev–Trinajstić information content (AvgIpc) is 2.45. The van der Waals surface area contributed by atoms with Crippen molar-refractivity contribution in [2.24, 2.45) is 4.99 Å². The van der Waals surface area contributed by atoms with Crippen LogP contribution in [0.15, 0.2) is 41.7 Å². The van der Waals surface area contributed by atoms with Gasteiger partial charge < -0.3 is 5.32 Å². The summed E-state index contributed by atoms with van der Waals surface area (Å²) in [6, 6.07) is 6.27. The topological polar surface area (TPSA) is 50.2 Å². The Labute approximate surface area is 132 Å². The molecule has 0 unspecified atom stereocenters. The molecule has 0 aliphatic rings. The van der Waals surface area contributed by atoms with E-state index in [4.69, 9.17) is 0 Å². The van der Waals surface area contributed by atoms with E-state index < -0.39 is 0 Å². The van der Waals surface area contributed by atoms with Crippen LogP contribution in [-0.4, -0.2) is 15.7 Å². The molecule has 0 saturated heterocycles. The van der Waals surface area contributed by atoms with E-state index in [1.54, 1.807) is 6.33 Å². The molecule has 0 aliphatic heterocycles. The van der Waals surface area contributed by atoms with E-state index in [9.17, 15) is 0 Å². The van der Waals surface area contributed by atoms with Crippen molar-refractivity contribution in [3.63, 3.8) is 0 Å². The molecule has 22 heavy (non-hydrogen) atoms. The fraction of sp³-hybridized carbons (Fsp3) is 0.278. The third kappa shape index (κ3) is 3.58. The summed E-state index contributed by atoms with van der Waals surface area (Å²) in [7, 11) is 0. The number of rotatable bonds is 4. The zero-order chi connectivity index (χ0) is 16.3. The molecule has 4 nitrogen and oxygen atoms in total. The van der Waals surface area contributed by atoms with E-state index >= 15 is 0 Å². The minimum Gasteiger partial charge on any atom is -0.338 e. The van der Waals surface area contributed by atoms with Crippen molar-refractivity contribution in [2.75, 3.05) is 5.32 Å². The van der Waals surface area contributed by atoms with Gasteiger partial charge >= 0.3 is 0 Å². The Morgan fingerprint density at radius 2 is 1.86 bits per heavy atom. The molecule has 1 N–H and O–H groups in total. The van der Waals surface area contributed by atoms with Gasteiger partial charge in [-0.1, -0.05) is 24.3 Å². The zero-order valence-corrected chi connectivity index (χ0v) is 13.9. The molecule has 0 bridgehead atoms. The fourth-order valence-electron chi connectivity index (χ4n) is 2.04. The van der Waals surface area contributed by atoms with Crippen LogP contribution in [0.2, 0.25) is 0 Å². The molecular formula is C18H22N4. The van der Waals surface area contributed by atoms with Gasteiger partial charge in [-0.05, 0) is 51.8 Å². The van der Waals surface area contributed by atoms with Gasteiger partial charge in [0.05, 0.1) is 5.69 Å². The number of anilines is 2. The normalized spacial score (nSPS) is 11.4. The van der Waals surface area contributed by atoms with Crippen LogP contribution in [0, 0.1) is 20.8 Å². The molecule has 0 atom stereocenters. The molecule has 0 amide bonds. The Bertz CT molecular complexity index is 745. The summed E-state index contributed by atoms with van der Waals surface area (Å²) in [4.78, 5) is 13.2. The first kappa shape index (κ1) is 15.9. The lowest BCUT2D eigenvalue weighted by atomic mass is 10.1. The van der Waals surface area contributed by atoms with Crippen molar-refractivity contribution in [3.05, 3.63) is 53.5 Å². The monoisotopic (exact) mass is 294 g/mol. The summed E-state index contributed by atoms with van der Waals surface area (Å²) in [6.45, 7) is 13.9. The molecule has 1 aromatic carbocycles. The molecule has 2 aromatic rings. The summed E-state index contributed by atoms with van der Waals surface area (Å²) < 4.78 is 0. The minimum atomic E-state index is 0.708. The predicted octanol–water partition coefficient (Wildman–Crippen LogP) is 4.81. The summed E-state index contributed by atoms with van der Waals surface area (Å²) in [6.07, 6.45) is 1.55. The summed E-state index contributed by atoms with van der Waals surface area (Å²) >= 11 is 0. The van der Waals surface area contributed by atoms with Crippen LogP contribution < -0.4 is 5.32 Å². The largest absolute Gasteiger partial charge is 0.338 e. The Morgan fingerprint density at radius 3 is 2.50 bits per heavy atom. The van der Waals surface area contributed by atoms with E-state index in [0.717, 1.165) is 28.4 Å². The smallest absolute Gasteiger partial charge is 0.160 e. The molecule has 0 fully saturated rings. The zero-order valence-electron chi connectivity index (χ0n) is 13.9. The molecule has 0 aliphatic carbocycles. The van der Waals surface area contributed by atoms with Crippen LogP contribution in [-0.2, 0) is 0 Å². The number of aryl methyl sites for hydroxylation is 3. The van der Waals surface area contributed by atoms with Gasteiger partial charge in [0, 0.05) is 11.4 Å². The number of nitrogens with one attached hydrogen (secondary N) is 1. The van der Waals surface area contributed by atoms with Gasteiger partial charge in [-0.2, -0.15) is 0 Å². The third-order valence-corrected chi connectivity index (χ3v) is 3.54. The lowest BCUT2D eigenvalue weighted by molar-refractivity contribution is 1.09. The molecule has 114 valence electrons. The van der Waals surface area contributed by atoms with Crippen molar-refractivity contribution in [1.29, 1.82) is 0 Å². The lowest BCUT2D eigenvalue weighted by Gasteiger charge is -2.13. The van der Waals surface area contributed by atoms with Crippen LogP contribution in [0.5, 0.6) is 0 Å². The van der Waals surface area contributed by atoms with E-state index in [0.29, 0.717) is 5.82 Å². The summed E-state index contributed by atoms with van der Waals surface area (Å²) in [5.74, 6) is 0.708. The number of hydrogen-bond donors (Lipinski definition) is 1. The highest BCUT2D eigenvalue weighted by Crippen LogP contribution is 2.30. The molecule has 1 heterocycles. The number of benzene rings is 1. The van der Waals surface area contributed by atoms with Crippen LogP contribution in [0.3, 0.4) is 0 Å². The molecule has 2 rings (SSSR count). The van der Waals surface area contributed by atoms with Gasteiger partial charge in [-0.25, -0.2) is 15.0 Å². The maximum absolute atomic E-state index is 4.63. The van der Waals surface area contributed by atoms with Gasteiger partial charge in [0.2, 0.25) is 0 Å². The fourth-order valence-corrected chi connectivity index (χ4v) is 2.04. The molecule has 4 heteroatoms. The Balaban J connectivity index is 2.45. The number of aliphatic imine (C=N–C) groups is 1. The average molecular weight is 294 g/mol. The molecular weight excluding hydrogens is 272 g/mol. The minimum absolute atomic E-state index is 0.708.